The molecular weight excluding hydrogens is 230 g/mol. The molecule has 0 aromatic heterocycles. The van der Waals surface area contributed by atoms with Gasteiger partial charge >= 0.3 is 5.97 Å². The van der Waals surface area contributed by atoms with E-state index in [9.17, 15) is 9.90 Å². The van der Waals surface area contributed by atoms with Crippen LogP contribution in [0.2, 0.25) is 0 Å². The van der Waals surface area contributed by atoms with Crippen molar-refractivity contribution in [2.75, 3.05) is 13.1 Å². The second-order valence-corrected chi connectivity index (χ2v) is 5.12. The maximum Gasteiger partial charge on any atom is 0.335 e. The first kappa shape index (κ1) is 13.1. The third kappa shape index (κ3) is 2.89. The minimum absolute atomic E-state index is 0.310. The number of hydrogen-bond donors (Lipinski definition) is 2. The lowest BCUT2D eigenvalue weighted by atomic mass is 9.89. The van der Waals surface area contributed by atoms with Crippen molar-refractivity contribution in [2.24, 2.45) is 0 Å². The summed E-state index contributed by atoms with van der Waals surface area (Å²) in [6.07, 6.45) is 1.85. The normalized spacial score (nSPS) is 18.3. The first-order valence-electron chi connectivity index (χ1n) is 6.29. The number of likely N-dealkylation sites (tertiary alicyclic amines) is 1. The van der Waals surface area contributed by atoms with Gasteiger partial charge in [0.25, 0.3) is 0 Å². The second kappa shape index (κ2) is 5.08. The van der Waals surface area contributed by atoms with E-state index in [-0.39, 0.29) is 0 Å². The molecule has 0 radical (unpaired) electrons. The number of carboxylic acids is 1. The zero-order valence-corrected chi connectivity index (χ0v) is 10.6. The summed E-state index contributed by atoms with van der Waals surface area (Å²) in [4.78, 5) is 12.9. The van der Waals surface area contributed by atoms with Gasteiger partial charge in [-0.3, -0.25) is 4.90 Å². The largest absolute Gasteiger partial charge is 0.478 e. The molecule has 1 saturated heterocycles. The highest BCUT2D eigenvalue weighted by Gasteiger charge is 2.39. The van der Waals surface area contributed by atoms with Gasteiger partial charge in [0.15, 0.2) is 0 Å². The minimum Gasteiger partial charge on any atom is -0.478 e. The van der Waals surface area contributed by atoms with E-state index in [1.54, 1.807) is 12.1 Å². The molecule has 2 rings (SSSR count). The first-order valence-corrected chi connectivity index (χ1v) is 6.29. The van der Waals surface area contributed by atoms with Gasteiger partial charge in [0.2, 0.25) is 0 Å². The van der Waals surface area contributed by atoms with Crippen LogP contribution in [0.25, 0.3) is 0 Å². The molecule has 1 aliphatic rings. The molecule has 1 aliphatic heterocycles. The Balaban J connectivity index is 1.87. The van der Waals surface area contributed by atoms with Crippen molar-refractivity contribution in [1.82, 2.24) is 4.90 Å². The summed E-state index contributed by atoms with van der Waals surface area (Å²) in [5.74, 6) is -0.900. The maximum atomic E-state index is 10.7. The number of hydrogen-bond acceptors (Lipinski definition) is 3. The van der Waals surface area contributed by atoms with Crippen LogP contribution in [0, 0.1) is 0 Å². The molecule has 98 valence electrons. The molecule has 1 fully saturated rings. The second-order valence-electron chi connectivity index (χ2n) is 5.12. The molecule has 1 heterocycles. The molecule has 4 heteroatoms. The Hall–Kier alpha value is -1.39. The van der Waals surface area contributed by atoms with Gasteiger partial charge in [-0.2, -0.15) is 0 Å². The van der Waals surface area contributed by atoms with Crippen LogP contribution in [-0.4, -0.2) is 39.8 Å². The third-order valence-electron chi connectivity index (χ3n) is 3.36. The Kier molecular flexibility index (Phi) is 3.68. The monoisotopic (exact) mass is 249 g/mol. The molecule has 2 N–H and O–H groups in total. The molecule has 1 aromatic rings. The van der Waals surface area contributed by atoms with Crippen LogP contribution in [-0.2, 0) is 6.54 Å². The number of carboxylic acid groups (broad SMARTS) is 1. The Morgan fingerprint density at radius 3 is 2.44 bits per heavy atom. The van der Waals surface area contributed by atoms with E-state index in [1.807, 2.05) is 12.1 Å². The Morgan fingerprint density at radius 2 is 1.94 bits per heavy atom. The summed E-state index contributed by atoms with van der Waals surface area (Å²) < 4.78 is 0. The van der Waals surface area contributed by atoms with Gasteiger partial charge in [0, 0.05) is 19.6 Å². The lowest BCUT2D eigenvalue weighted by Gasteiger charge is -2.46. The fourth-order valence-electron chi connectivity index (χ4n) is 2.53. The van der Waals surface area contributed by atoms with Crippen molar-refractivity contribution in [2.45, 2.75) is 31.9 Å². The van der Waals surface area contributed by atoms with Crippen molar-refractivity contribution in [3.63, 3.8) is 0 Å². The van der Waals surface area contributed by atoms with E-state index < -0.39 is 11.6 Å². The highest BCUT2D eigenvalue weighted by atomic mass is 16.4. The van der Waals surface area contributed by atoms with Gasteiger partial charge in [0.1, 0.15) is 0 Å². The van der Waals surface area contributed by atoms with Gasteiger partial charge in [0.05, 0.1) is 11.2 Å². The van der Waals surface area contributed by atoms with Crippen LogP contribution in [0.1, 0.15) is 35.7 Å². The van der Waals surface area contributed by atoms with Gasteiger partial charge in [-0.25, -0.2) is 4.79 Å². The van der Waals surface area contributed by atoms with Crippen LogP contribution >= 0.6 is 0 Å². The van der Waals surface area contributed by atoms with Crippen molar-refractivity contribution in [3.05, 3.63) is 35.4 Å². The molecule has 0 saturated carbocycles. The highest BCUT2D eigenvalue weighted by molar-refractivity contribution is 5.87. The third-order valence-corrected chi connectivity index (χ3v) is 3.36. The summed E-state index contributed by atoms with van der Waals surface area (Å²) >= 11 is 0. The van der Waals surface area contributed by atoms with E-state index in [0.29, 0.717) is 18.7 Å². The zero-order valence-electron chi connectivity index (χ0n) is 10.6. The van der Waals surface area contributed by atoms with Gasteiger partial charge < -0.3 is 10.2 Å². The van der Waals surface area contributed by atoms with Crippen LogP contribution < -0.4 is 0 Å². The van der Waals surface area contributed by atoms with Crippen LogP contribution in [0.15, 0.2) is 24.3 Å². The zero-order chi connectivity index (χ0) is 13.2. The first-order chi connectivity index (χ1) is 8.52. The highest BCUT2D eigenvalue weighted by Crippen LogP contribution is 2.27. The molecular formula is C14H19NO3. The van der Waals surface area contributed by atoms with Crippen molar-refractivity contribution < 1.29 is 15.0 Å². The van der Waals surface area contributed by atoms with E-state index in [2.05, 4.69) is 11.8 Å². The fraction of sp³-hybridized carbons (Fsp3) is 0.500. The number of rotatable bonds is 5. The summed E-state index contributed by atoms with van der Waals surface area (Å²) in [7, 11) is 0. The van der Waals surface area contributed by atoms with Crippen molar-refractivity contribution in [3.8, 4) is 0 Å². The minimum atomic E-state index is -0.900. The quantitative estimate of drug-likeness (QED) is 0.834. The lowest BCUT2D eigenvalue weighted by molar-refractivity contribution is -0.106. The molecule has 0 spiro atoms. The number of β-amino-alcohol motifs (C(OH)–C–C–N with tert-alkyl or cyclic N) is 1. The van der Waals surface area contributed by atoms with E-state index in [1.165, 1.54) is 0 Å². The molecule has 4 nitrogen and oxygen atoms in total. The Labute approximate surface area is 107 Å². The van der Waals surface area contributed by atoms with Gasteiger partial charge in [-0.1, -0.05) is 25.5 Å². The van der Waals surface area contributed by atoms with E-state index in [4.69, 9.17) is 5.11 Å². The topological polar surface area (TPSA) is 60.8 Å². The van der Waals surface area contributed by atoms with Crippen LogP contribution in [0.3, 0.4) is 0 Å². The van der Waals surface area contributed by atoms with Crippen molar-refractivity contribution >= 4 is 5.97 Å². The average molecular weight is 249 g/mol. The number of aliphatic hydroxyl groups is 1. The number of nitrogens with zero attached hydrogens (tertiary/aromatic N) is 1. The Bertz CT molecular complexity index is 421. The number of carbonyl (C=O) groups is 1. The van der Waals surface area contributed by atoms with Crippen molar-refractivity contribution in [1.29, 1.82) is 0 Å². The molecule has 18 heavy (non-hydrogen) atoms. The SMILES string of the molecule is CCCC1(O)CN(Cc2ccc(C(=O)O)cc2)C1. The predicted molar refractivity (Wildman–Crippen MR) is 68.5 cm³/mol. The van der Waals surface area contributed by atoms with Crippen LogP contribution in [0.5, 0.6) is 0 Å². The smallest absolute Gasteiger partial charge is 0.335 e. The fourth-order valence-corrected chi connectivity index (χ4v) is 2.53. The lowest BCUT2D eigenvalue weighted by Crippen LogP contribution is -2.60. The number of aromatic carboxylic acids is 1. The molecule has 1 aromatic carbocycles. The molecule has 0 atom stereocenters. The maximum absolute atomic E-state index is 10.7. The summed E-state index contributed by atoms with van der Waals surface area (Å²) in [5.41, 5.74) is 0.888. The molecule has 0 aliphatic carbocycles. The standard InChI is InChI=1S/C14H19NO3/c1-2-7-14(18)9-15(10-14)8-11-3-5-12(6-4-11)13(16)17/h3-6,18H,2,7-10H2,1H3,(H,16,17). The van der Waals surface area contributed by atoms with Crippen LogP contribution in [0.4, 0.5) is 0 Å². The molecule has 0 bridgehead atoms. The van der Waals surface area contributed by atoms with Gasteiger partial charge in [-0.15, -0.1) is 0 Å². The summed E-state index contributed by atoms with van der Waals surface area (Å²) in [5, 5.41) is 18.9. The summed E-state index contributed by atoms with van der Waals surface area (Å²) in [6, 6.07) is 6.91. The summed E-state index contributed by atoms with van der Waals surface area (Å²) in [6.45, 7) is 4.26. The molecule has 0 unspecified atom stereocenters. The average Bonchev–Trinajstić information content (AvgIpc) is 2.28. The van der Waals surface area contributed by atoms with E-state index >= 15 is 0 Å². The van der Waals surface area contributed by atoms with E-state index in [0.717, 1.165) is 24.9 Å². The van der Waals surface area contributed by atoms with Gasteiger partial charge in [-0.05, 0) is 24.1 Å². The Morgan fingerprint density at radius 1 is 1.33 bits per heavy atom. The molecule has 0 amide bonds. The predicted octanol–water partition coefficient (Wildman–Crippen LogP) is 1.73. The number of benzene rings is 1.